The Morgan fingerprint density at radius 3 is 2.68 bits per heavy atom. The number of aliphatic hydroxyl groups excluding tert-OH is 1. The highest BCUT2D eigenvalue weighted by molar-refractivity contribution is 7.18. The Morgan fingerprint density at radius 1 is 1.24 bits per heavy atom. The molecule has 1 atom stereocenters. The van der Waals surface area contributed by atoms with Crippen LogP contribution < -0.4 is 25.8 Å². The van der Waals surface area contributed by atoms with Crippen LogP contribution in [0.15, 0.2) is 41.3 Å². The van der Waals surface area contributed by atoms with E-state index in [1.54, 1.807) is 24.4 Å². The van der Waals surface area contributed by atoms with Crippen molar-refractivity contribution in [3.05, 3.63) is 67.2 Å². The van der Waals surface area contributed by atoms with Gasteiger partial charge in [0, 0.05) is 30.5 Å². The third-order valence-electron chi connectivity index (χ3n) is 5.99. The highest BCUT2D eigenvalue weighted by atomic mass is 35.5. The maximum atomic E-state index is 12.7. The van der Waals surface area contributed by atoms with Crippen LogP contribution in [0.3, 0.4) is 0 Å². The van der Waals surface area contributed by atoms with Gasteiger partial charge in [-0.3, -0.25) is 14.5 Å². The number of halogens is 1. The van der Waals surface area contributed by atoms with E-state index in [-0.39, 0.29) is 43.5 Å². The number of thiophene rings is 1. The predicted octanol–water partition coefficient (Wildman–Crippen LogP) is 3.09. The Balaban J connectivity index is 1.48. The van der Waals surface area contributed by atoms with E-state index in [0.717, 1.165) is 16.7 Å². The summed E-state index contributed by atoms with van der Waals surface area (Å²) in [6.45, 7) is 5.47. The zero-order valence-electron chi connectivity index (χ0n) is 21.0. The number of carbonyl (C=O) groups excluding carboxylic acids is 2. The van der Waals surface area contributed by atoms with Gasteiger partial charge in [0.05, 0.1) is 28.9 Å². The number of anilines is 1. The lowest BCUT2D eigenvalue weighted by Crippen LogP contribution is -2.34. The fourth-order valence-corrected chi connectivity index (χ4v) is 5.28. The van der Waals surface area contributed by atoms with E-state index in [2.05, 4.69) is 15.6 Å². The maximum absolute atomic E-state index is 12.7. The van der Waals surface area contributed by atoms with E-state index >= 15 is 0 Å². The minimum absolute atomic E-state index is 0.0202. The summed E-state index contributed by atoms with van der Waals surface area (Å²) in [4.78, 5) is 42.2. The van der Waals surface area contributed by atoms with Crippen molar-refractivity contribution in [3.8, 4) is 16.9 Å². The highest BCUT2D eigenvalue weighted by Crippen LogP contribution is 2.36. The fourth-order valence-electron chi connectivity index (χ4n) is 4.32. The summed E-state index contributed by atoms with van der Waals surface area (Å²) in [6, 6.07) is 8.83. The normalized spacial score (nSPS) is 15.0. The number of nitrogens with zero attached hydrogens (tertiary/aromatic N) is 1. The third kappa shape index (κ3) is 6.36. The summed E-state index contributed by atoms with van der Waals surface area (Å²) >= 11 is 7.08. The van der Waals surface area contributed by atoms with Crippen LogP contribution in [-0.2, 0) is 4.74 Å². The lowest BCUT2D eigenvalue weighted by atomic mass is 9.94. The van der Waals surface area contributed by atoms with Gasteiger partial charge in [0.15, 0.2) is 5.75 Å². The summed E-state index contributed by atoms with van der Waals surface area (Å²) in [6.07, 6.45) is 0.571. The number of aliphatic hydroxyl groups is 1. The Bertz CT molecular complexity index is 1350. The minimum Gasteiger partial charge on any atom is -0.486 e. The number of nitrogens with one attached hydrogen (secondary N) is 3. The van der Waals surface area contributed by atoms with Crippen LogP contribution in [0.1, 0.15) is 20.8 Å². The molecule has 1 fully saturated rings. The van der Waals surface area contributed by atoms with Crippen LogP contribution in [0.2, 0.25) is 4.34 Å². The Labute approximate surface area is 228 Å². The van der Waals surface area contributed by atoms with Gasteiger partial charge in [-0.15, -0.1) is 11.3 Å². The van der Waals surface area contributed by atoms with Gasteiger partial charge in [0.1, 0.15) is 12.7 Å². The quantitative estimate of drug-likeness (QED) is 0.265. The predicted molar refractivity (Wildman–Crippen MR) is 147 cm³/mol. The maximum Gasteiger partial charge on any atom is 0.414 e. The number of aromatic amines is 1. The first kappa shape index (κ1) is 27.6. The molecule has 3 heterocycles. The van der Waals surface area contributed by atoms with Crippen molar-refractivity contribution in [3.63, 3.8) is 0 Å². The zero-order valence-corrected chi connectivity index (χ0v) is 22.6. The van der Waals surface area contributed by atoms with Crippen LogP contribution in [0.4, 0.5) is 10.5 Å². The van der Waals surface area contributed by atoms with E-state index in [1.807, 2.05) is 26.0 Å². The highest BCUT2D eigenvalue weighted by Gasteiger charge is 2.33. The first-order valence-corrected chi connectivity index (χ1v) is 13.3. The standard InChI is InChI=1S/C26H29ClN4O6S/c1-15-11-17(31-14-18(37-26(31)35)13-30-24(33)20-3-4-21(27)38-20)12-16(2)22(15)19-5-6-29-25(34)23(19)36-10-8-28-7-9-32/h3-6,11-12,18,28,32H,7-10,13-14H2,1-2H3,(H,29,34)(H,30,33)/t18-/m0/s1. The number of H-pyrrole nitrogens is 1. The molecule has 12 heteroatoms. The molecule has 0 aliphatic carbocycles. The Hall–Kier alpha value is -3.38. The van der Waals surface area contributed by atoms with Crippen molar-refractivity contribution in [2.75, 3.05) is 44.3 Å². The van der Waals surface area contributed by atoms with Crippen molar-refractivity contribution in [1.82, 2.24) is 15.6 Å². The van der Waals surface area contributed by atoms with Crippen LogP contribution in [0, 0.1) is 13.8 Å². The van der Waals surface area contributed by atoms with Crippen LogP contribution in [0.5, 0.6) is 5.75 Å². The number of carbonyl (C=O) groups is 2. The van der Waals surface area contributed by atoms with Gasteiger partial charge in [-0.25, -0.2) is 4.79 Å². The number of hydrogen-bond acceptors (Lipinski definition) is 8. The van der Waals surface area contributed by atoms with Crippen LogP contribution in [-0.4, -0.2) is 67.6 Å². The molecule has 0 saturated carbocycles. The van der Waals surface area contributed by atoms with E-state index < -0.39 is 12.2 Å². The van der Waals surface area contributed by atoms with Gasteiger partial charge in [-0.2, -0.15) is 0 Å². The fraction of sp³-hybridized carbons (Fsp3) is 0.346. The van der Waals surface area contributed by atoms with Crippen molar-refractivity contribution >= 4 is 40.6 Å². The van der Waals surface area contributed by atoms with Crippen molar-refractivity contribution in [2.45, 2.75) is 20.0 Å². The van der Waals surface area contributed by atoms with Gasteiger partial charge in [0.25, 0.3) is 11.5 Å². The summed E-state index contributed by atoms with van der Waals surface area (Å²) in [7, 11) is 0. The van der Waals surface area contributed by atoms with Gasteiger partial charge >= 0.3 is 6.09 Å². The molecule has 0 spiro atoms. The number of ether oxygens (including phenoxy) is 2. The number of amides is 2. The van der Waals surface area contributed by atoms with Gasteiger partial charge < -0.3 is 30.2 Å². The number of benzene rings is 1. The van der Waals surface area contributed by atoms with Gasteiger partial charge in [0.2, 0.25) is 0 Å². The van der Waals surface area contributed by atoms with E-state index in [0.29, 0.717) is 33.6 Å². The summed E-state index contributed by atoms with van der Waals surface area (Å²) in [5, 5.41) is 14.7. The molecule has 2 amide bonds. The number of rotatable bonds is 11. The molecular weight excluding hydrogens is 532 g/mol. The summed E-state index contributed by atoms with van der Waals surface area (Å²) < 4.78 is 11.8. The lowest BCUT2D eigenvalue weighted by Gasteiger charge is -2.19. The summed E-state index contributed by atoms with van der Waals surface area (Å²) in [5.41, 5.74) is 3.51. The number of aromatic nitrogens is 1. The van der Waals surface area contributed by atoms with E-state index in [4.69, 9.17) is 26.2 Å². The molecule has 0 unspecified atom stereocenters. The minimum atomic E-state index is -0.505. The molecule has 4 N–H and O–H groups in total. The molecule has 2 aromatic heterocycles. The molecule has 10 nitrogen and oxygen atoms in total. The zero-order chi connectivity index (χ0) is 27.2. The molecule has 202 valence electrons. The SMILES string of the molecule is Cc1cc(N2C[C@H](CNC(=O)c3ccc(Cl)s3)OC2=O)cc(C)c1-c1cc[nH]c(=O)c1OCCNCCO. The number of cyclic esters (lactones) is 1. The first-order valence-electron chi connectivity index (χ1n) is 12.1. The Kier molecular flexibility index (Phi) is 9.05. The second-order valence-corrected chi connectivity index (χ2v) is 10.5. The second kappa shape index (κ2) is 12.4. The average molecular weight is 561 g/mol. The van der Waals surface area contributed by atoms with Crippen LogP contribution in [0.25, 0.3) is 11.1 Å². The average Bonchev–Trinajstić information content (AvgIpc) is 3.48. The number of aryl methyl sites for hydroxylation is 2. The molecule has 1 aromatic carbocycles. The molecule has 4 rings (SSSR count). The van der Waals surface area contributed by atoms with Crippen molar-refractivity contribution in [1.29, 1.82) is 0 Å². The van der Waals surface area contributed by atoms with E-state index in [1.165, 1.54) is 16.2 Å². The smallest absolute Gasteiger partial charge is 0.414 e. The first-order chi connectivity index (χ1) is 18.3. The molecule has 1 saturated heterocycles. The molecule has 3 aromatic rings. The molecule has 1 aliphatic rings. The van der Waals surface area contributed by atoms with Crippen LogP contribution >= 0.6 is 22.9 Å². The van der Waals surface area contributed by atoms with Crippen molar-refractivity contribution < 1.29 is 24.2 Å². The second-order valence-electron chi connectivity index (χ2n) is 8.76. The third-order valence-corrected chi connectivity index (χ3v) is 7.22. The molecule has 0 bridgehead atoms. The molecule has 1 aliphatic heterocycles. The topological polar surface area (TPSA) is 133 Å². The van der Waals surface area contributed by atoms with Gasteiger partial charge in [-0.1, -0.05) is 11.6 Å². The van der Waals surface area contributed by atoms with E-state index in [9.17, 15) is 14.4 Å². The molecule has 38 heavy (non-hydrogen) atoms. The largest absolute Gasteiger partial charge is 0.486 e. The monoisotopic (exact) mass is 560 g/mol. The number of pyridine rings is 1. The lowest BCUT2D eigenvalue weighted by molar-refractivity contribution is 0.0920. The molecule has 0 radical (unpaired) electrons. The Morgan fingerprint density at radius 2 is 2.00 bits per heavy atom. The summed E-state index contributed by atoms with van der Waals surface area (Å²) in [5.74, 6) is -0.0619. The van der Waals surface area contributed by atoms with Gasteiger partial charge in [-0.05, 0) is 60.9 Å². The van der Waals surface area contributed by atoms with Crippen molar-refractivity contribution in [2.24, 2.45) is 0 Å². The molecular formula is C26H29ClN4O6S. The number of hydrogen-bond donors (Lipinski definition) is 4.